The molecular weight excluding hydrogens is 252 g/mol. The van der Waals surface area contributed by atoms with Crippen LogP contribution in [-0.4, -0.2) is 26.5 Å². The third-order valence-corrected chi connectivity index (χ3v) is 2.84. The van der Waals surface area contributed by atoms with Crippen molar-refractivity contribution in [3.05, 3.63) is 18.2 Å². The van der Waals surface area contributed by atoms with Crippen LogP contribution in [0.5, 0.6) is 0 Å². The molecule has 1 aromatic rings. The highest BCUT2D eigenvalue weighted by molar-refractivity contribution is 5.80. The summed E-state index contributed by atoms with van der Waals surface area (Å²) < 4.78 is 1.92. The largest absolute Gasteiger partial charge is 0.350 e. The Bertz CT molecular complexity index is 451. The molecular formula is C15H28N4O. The number of nitrogens with one attached hydrogen (secondary N) is 2. The second-order valence-corrected chi connectivity index (χ2v) is 7.31. The molecule has 114 valence electrons. The summed E-state index contributed by atoms with van der Waals surface area (Å²) in [7, 11) is 0. The van der Waals surface area contributed by atoms with Crippen LogP contribution in [0.15, 0.2) is 12.5 Å². The minimum absolute atomic E-state index is 0.00695. The van der Waals surface area contributed by atoms with Gasteiger partial charge in [0.2, 0.25) is 5.91 Å². The maximum atomic E-state index is 12.2. The first-order valence-corrected chi connectivity index (χ1v) is 7.07. The van der Waals surface area contributed by atoms with E-state index in [1.54, 1.807) is 12.5 Å². The smallest absolute Gasteiger partial charge is 0.243 e. The molecule has 1 unspecified atom stereocenters. The van der Waals surface area contributed by atoms with Crippen molar-refractivity contribution in [3.63, 3.8) is 0 Å². The standard InChI is InChI=1S/C15H28N4O/c1-11(13(20)18-15(5,6)7)19-10-16-8-12(19)9-17-14(2,3)4/h8,10-11,17H,9H2,1-7H3,(H,18,20). The Morgan fingerprint density at radius 1 is 1.25 bits per heavy atom. The summed E-state index contributed by atoms with van der Waals surface area (Å²) in [6.45, 7) is 14.9. The van der Waals surface area contributed by atoms with Gasteiger partial charge in [0.25, 0.3) is 0 Å². The van der Waals surface area contributed by atoms with E-state index in [9.17, 15) is 4.79 Å². The van der Waals surface area contributed by atoms with Gasteiger partial charge in [-0.25, -0.2) is 4.98 Å². The summed E-state index contributed by atoms with van der Waals surface area (Å²) in [5, 5.41) is 6.41. The van der Waals surface area contributed by atoms with E-state index < -0.39 is 0 Å². The lowest BCUT2D eigenvalue weighted by atomic mass is 10.1. The summed E-state index contributed by atoms with van der Waals surface area (Å²) in [4.78, 5) is 16.4. The van der Waals surface area contributed by atoms with E-state index in [4.69, 9.17) is 0 Å². The summed E-state index contributed by atoms with van der Waals surface area (Å²) in [6.07, 6.45) is 3.52. The Balaban J connectivity index is 2.77. The van der Waals surface area contributed by atoms with Gasteiger partial charge in [0.1, 0.15) is 6.04 Å². The van der Waals surface area contributed by atoms with Crippen molar-refractivity contribution in [2.45, 2.75) is 72.1 Å². The number of carbonyl (C=O) groups is 1. The molecule has 1 atom stereocenters. The van der Waals surface area contributed by atoms with Crippen molar-refractivity contribution in [1.82, 2.24) is 20.2 Å². The highest BCUT2D eigenvalue weighted by Crippen LogP contribution is 2.13. The van der Waals surface area contributed by atoms with Crippen LogP contribution >= 0.6 is 0 Å². The first-order chi connectivity index (χ1) is 8.99. The second kappa shape index (κ2) is 5.95. The summed E-state index contributed by atoms with van der Waals surface area (Å²) >= 11 is 0. The molecule has 20 heavy (non-hydrogen) atoms. The van der Waals surface area contributed by atoms with E-state index in [1.807, 2.05) is 32.3 Å². The number of hydrogen-bond acceptors (Lipinski definition) is 3. The SMILES string of the molecule is CC(C(=O)NC(C)(C)C)n1cncc1CNC(C)(C)C. The van der Waals surface area contributed by atoms with Gasteiger partial charge in [-0.05, 0) is 48.5 Å². The Morgan fingerprint density at radius 2 is 1.85 bits per heavy atom. The molecule has 0 radical (unpaired) electrons. The summed E-state index contributed by atoms with van der Waals surface area (Å²) in [5.74, 6) is 0.00695. The Labute approximate surface area is 122 Å². The Kier molecular flexibility index (Phi) is 4.97. The number of rotatable bonds is 4. The van der Waals surface area contributed by atoms with Crippen molar-refractivity contribution in [1.29, 1.82) is 0 Å². The molecule has 2 N–H and O–H groups in total. The molecule has 0 spiro atoms. The van der Waals surface area contributed by atoms with E-state index >= 15 is 0 Å². The fourth-order valence-corrected chi connectivity index (χ4v) is 1.77. The van der Waals surface area contributed by atoms with Crippen molar-refractivity contribution in [3.8, 4) is 0 Å². The molecule has 0 bridgehead atoms. The third-order valence-electron chi connectivity index (χ3n) is 2.84. The number of nitrogens with zero attached hydrogens (tertiary/aromatic N) is 2. The van der Waals surface area contributed by atoms with Gasteiger partial charge in [-0.3, -0.25) is 4.79 Å². The Morgan fingerprint density at radius 3 is 2.35 bits per heavy atom. The van der Waals surface area contributed by atoms with Gasteiger partial charge in [-0.15, -0.1) is 0 Å². The average Bonchev–Trinajstić information content (AvgIpc) is 2.69. The molecule has 0 aromatic carbocycles. The topological polar surface area (TPSA) is 59.0 Å². The molecule has 1 aromatic heterocycles. The zero-order valence-corrected chi connectivity index (χ0v) is 13.7. The van der Waals surface area contributed by atoms with Crippen LogP contribution < -0.4 is 10.6 Å². The highest BCUT2D eigenvalue weighted by Gasteiger charge is 2.22. The Hall–Kier alpha value is -1.36. The second-order valence-electron chi connectivity index (χ2n) is 7.31. The van der Waals surface area contributed by atoms with E-state index in [0.29, 0.717) is 6.54 Å². The van der Waals surface area contributed by atoms with Crippen molar-refractivity contribution < 1.29 is 4.79 Å². The van der Waals surface area contributed by atoms with Crippen LogP contribution in [0, 0.1) is 0 Å². The molecule has 0 saturated carbocycles. The number of imidazole rings is 1. The minimum atomic E-state index is -0.270. The lowest BCUT2D eigenvalue weighted by Crippen LogP contribution is -2.44. The predicted octanol–water partition coefficient (Wildman–Crippen LogP) is 2.25. The third kappa shape index (κ3) is 5.33. The van der Waals surface area contributed by atoms with Gasteiger partial charge in [0.15, 0.2) is 0 Å². The highest BCUT2D eigenvalue weighted by atomic mass is 16.2. The molecule has 0 aliphatic carbocycles. The quantitative estimate of drug-likeness (QED) is 0.889. The van der Waals surface area contributed by atoms with E-state index in [0.717, 1.165) is 5.69 Å². The summed E-state index contributed by atoms with van der Waals surface area (Å²) in [6, 6.07) is -0.270. The molecule has 1 rings (SSSR count). The first kappa shape index (κ1) is 16.7. The molecule has 1 heterocycles. The maximum Gasteiger partial charge on any atom is 0.243 e. The molecule has 0 aliphatic heterocycles. The minimum Gasteiger partial charge on any atom is -0.350 e. The van der Waals surface area contributed by atoms with Crippen molar-refractivity contribution >= 4 is 5.91 Å². The van der Waals surface area contributed by atoms with E-state index in [2.05, 4.69) is 36.4 Å². The van der Waals surface area contributed by atoms with Crippen LogP contribution in [-0.2, 0) is 11.3 Å². The number of carbonyl (C=O) groups excluding carboxylic acids is 1. The number of hydrogen-bond donors (Lipinski definition) is 2. The van der Waals surface area contributed by atoms with Crippen LogP contribution in [0.25, 0.3) is 0 Å². The normalized spacial score (nSPS) is 14.2. The number of aromatic nitrogens is 2. The van der Waals surface area contributed by atoms with Crippen LogP contribution in [0.1, 0.15) is 60.2 Å². The van der Waals surface area contributed by atoms with Crippen molar-refractivity contribution in [2.75, 3.05) is 0 Å². The van der Waals surface area contributed by atoms with Gasteiger partial charge >= 0.3 is 0 Å². The first-order valence-electron chi connectivity index (χ1n) is 7.07. The van der Waals surface area contributed by atoms with Crippen molar-refractivity contribution in [2.24, 2.45) is 0 Å². The zero-order valence-electron chi connectivity index (χ0n) is 13.7. The van der Waals surface area contributed by atoms with Crippen LogP contribution in [0.2, 0.25) is 0 Å². The number of amides is 1. The van der Waals surface area contributed by atoms with Gasteiger partial charge in [-0.1, -0.05) is 0 Å². The van der Waals surface area contributed by atoms with Gasteiger partial charge in [0.05, 0.1) is 12.0 Å². The van der Waals surface area contributed by atoms with Gasteiger partial charge in [0, 0.05) is 23.8 Å². The van der Waals surface area contributed by atoms with E-state index in [-0.39, 0.29) is 23.0 Å². The van der Waals surface area contributed by atoms with Gasteiger partial charge in [-0.2, -0.15) is 0 Å². The van der Waals surface area contributed by atoms with Crippen LogP contribution in [0.4, 0.5) is 0 Å². The molecule has 1 amide bonds. The molecule has 5 nitrogen and oxygen atoms in total. The lowest BCUT2D eigenvalue weighted by Gasteiger charge is -2.25. The van der Waals surface area contributed by atoms with Gasteiger partial charge < -0.3 is 15.2 Å². The lowest BCUT2D eigenvalue weighted by molar-refractivity contribution is -0.125. The average molecular weight is 280 g/mol. The van der Waals surface area contributed by atoms with Crippen LogP contribution in [0.3, 0.4) is 0 Å². The fourth-order valence-electron chi connectivity index (χ4n) is 1.77. The van der Waals surface area contributed by atoms with E-state index in [1.165, 1.54) is 0 Å². The molecule has 5 heteroatoms. The molecule has 0 fully saturated rings. The molecule has 0 saturated heterocycles. The fraction of sp³-hybridized carbons (Fsp3) is 0.733. The predicted molar refractivity (Wildman–Crippen MR) is 81.4 cm³/mol. The maximum absolute atomic E-state index is 12.2. The summed E-state index contributed by atoms with van der Waals surface area (Å²) in [5.41, 5.74) is 0.818. The monoisotopic (exact) mass is 280 g/mol. The zero-order chi connectivity index (χ0) is 15.6. The molecule has 0 aliphatic rings.